The van der Waals surface area contributed by atoms with E-state index in [0.29, 0.717) is 11.5 Å². The second-order valence-electron chi connectivity index (χ2n) is 5.12. The number of benzene rings is 1. The van der Waals surface area contributed by atoms with Crippen LogP contribution in [0.4, 0.5) is 5.95 Å². The summed E-state index contributed by atoms with van der Waals surface area (Å²) in [5.74, 6) is -0.640. The van der Waals surface area contributed by atoms with Gasteiger partial charge in [0.1, 0.15) is 0 Å². The number of anilines is 1. The molecular formula is C15H15N5O2. The van der Waals surface area contributed by atoms with Crippen LogP contribution in [0.2, 0.25) is 0 Å². The Morgan fingerprint density at radius 1 is 1.27 bits per heavy atom. The minimum atomic E-state index is -1.30. The van der Waals surface area contributed by atoms with Gasteiger partial charge >= 0.3 is 5.97 Å². The number of nitrogens with zero attached hydrogens (tertiary/aromatic N) is 4. The lowest BCUT2D eigenvalue weighted by Crippen LogP contribution is -2.48. The molecule has 0 saturated carbocycles. The van der Waals surface area contributed by atoms with Crippen LogP contribution in [-0.4, -0.2) is 38.1 Å². The predicted octanol–water partition coefficient (Wildman–Crippen LogP) is 1.79. The molecule has 0 spiro atoms. The summed E-state index contributed by atoms with van der Waals surface area (Å²) in [6.45, 7) is 1.63. The van der Waals surface area contributed by atoms with Crippen LogP contribution in [0, 0.1) is 0 Å². The van der Waals surface area contributed by atoms with E-state index in [1.54, 1.807) is 61.9 Å². The van der Waals surface area contributed by atoms with Gasteiger partial charge in [0.05, 0.1) is 17.4 Å². The molecule has 0 unspecified atom stereocenters. The minimum Gasteiger partial charge on any atom is -0.479 e. The van der Waals surface area contributed by atoms with Crippen molar-refractivity contribution < 1.29 is 9.90 Å². The van der Waals surface area contributed by atoms with Crippen LogP contribution >= 0.6 is 0 Å². The fourth-order valence-corrected chi connectivity index (χ4v) is 2.36. The first-order valence-electron chi connectivity index (χ1n) is 6.71. The van der Waals surface area contributed by atoms with Gasteiger partial charge in [-0.3, -0.25) is 0 Å². The smallest absolute Gasteiger partial charge is 0.334 e. The van der Waals surface area contributed by atoms with Gasteiger partial charge in [-0.1, -0.05) is 6.07 Å². The number of aliphatic carboxylic acids is 1. The van der Waals surface area contributed by atoms with E-state index in [2.05, 4.69) is 19.9 Å². The number of H-pyrrole nitrogens is 1. The number of carbonyl (C=O) groups is 1. The van der Waals surface area contributed by atoms with Crippen molar-refractivity contribution in [3.05, 3.63) is 48.5 Å². The van der Waals surface area contributed by atoms with Crippen molar-refractivity contribution in [1.29, 1.82) is 0 Å². The van der Waals surface area contributed by atoms with E-state index in [4.69, 9.17) is 0 Å². The molecule has 0 radical (unpaired) electrons. The molecule has 1 atom stereocenters. The first-order valence-corrected chi connectivity index (χ1v) is 6.71. The van der Waals surface area contributed by atoms with E-state index < -0.39 is 11.5 Å². The third-order valence-electron chi connectivity index (χ3n) is 3.92. The summed E-state index contributed by atoms with van der Waals surface area (Å²) in [6.07, 6.45) is 4.75. The molecule has 0 bridgehead atoms. The number of hydrogen-bond acceptors (Lipinski definition) is 5. The zero-order valence-electron chi connectivity index (χ0n) is 12.2. The standard InChI is InChI=1S/C15H15N5O2/c1-15(13(21)22,20(2)14-16-6-3-7-17-14)10-4-5-11-12(8-10)19-9-18-11/h3-9H,1-2H3,(H,18,19)(H,21,22)/t15-/m1/s1. The van der Waals surface area contributed by atoms with Crippen molar-refractivity contribution in [2.45, 2.75) is 12.5 Å². The number of aromatic amines is 1. The largest absolute Gasteiger partial charge is 0.479 e. The first kappa shape index (κ1) is 14.0. The summed E-state index contributed by atoms with van der Waals surface area (Å²) in [5.41, 5.74) is 0.884. The van der Waals surface area contributed by atoms with Gasteiger partial charge in [0.2, 0.25) is 5.95 Å². The Labute approximate surface area is 126 Å². The van der Waals surface area contributed by atoms with E-state index >= 15 is 0 Å². The van der Waals surface area contributed by atoms with Crippen molar-refractivity contribution in [1.82, 2.24) is 19.9 Å². The highest BCUT2D eigenvalue weighted by Gasteiger charge is 2.41. The molecule has 0 fully saturated rings. The van der Waals surface area contributed by atoms with Crippen molar-refractivity contribution in [3.63, 3.8) is 0 Å². The number of carboxylic acids is 1. The van der Waals surface area contributed by atoms with E-state index in [-0.39, 0.29) is 0 Å². The Morgan fingerprint density at radius 2 is 2.00 bits per heavy atom. The lowest BCUT2D eigenvalue weighted by Gasteiger charge is -2.35. The van der Waals surface area contributed by atoms with Gasteiger partial charge in [0.15, 0.2) is 5.54 Å². The van der Waals surface area contributed by atoms with E-state index in [9.17, 15) is 9.90 Å². The van der Waals surface area contributed by atoms with E-state index in [0.717, 1.165) is 11.0 Å². The Morgan fingerprint density at radius 3 is 2.68 bits per heavy atom. The van der Waals surface area contributed by atoms with Gasteiger partial charge in [0.25, 0.3) is 0 Å². The number of nitrogens with one attached hydrogen (secondary N) is 1. The number of rotatable bonds is 4. The third-order valence-corrected chi connectivity index (χ3v) is 3.92. The molecule has 0 aliphatic rings. The SMILES string of the molecule is CN(c1ncccn1)[C@@](C)(C(=O)O)c1ccc2nc[nH]c2c1. The first-order chi connectivity index (χ1) is 10.5. The highest BCUT2D eigenvalue weighted by Crippen LogP contribution is 2.31. The summed E-state index contributed by atoms with van der Waals surface area (Å²) in [5, 5.41) is 9.82. The summed E-state index contributed by atoms with van der Waals surface area (Å²) in [4.78, 5) is 29.0. The second-order valence-corrected chi connectivity index (χ2v) is 5.12. The van der Waals surface area contributed by atoms with Crippen LogP contribution in [0.1, 0.15) is 12.5 Å². The number of carboxylic acid groups (broad SMARTS) is 1. The summed E-state index contributed by atoms with van der Waals surface area (Å²) in [6, 6.07) is 7.03. The van der Waals surface area contributed by atoms with Gasteiger partial charge < -0.3 is 15.0 Å². The fourth-order valence-electron chi connectivity index (χ4n) is 2.36. The number of hydrogen-bond donors (Lipinski definition) is 2. The lowest BCUT2D eigenvalue weighted by molar-refractivity contribution is -0.143. The highest BCUT2D eigenvalue weighted by molar-refractivity contribution is 5.86. The topological polar surface area (TPSA) is 95.0 Å². The van der Waals surface area contributed by atoms with Crippen LogP contribution in [0.25, 0.3) is 11.0 Å². The van der Waals surface area contributed by atoms with Crippen molar-refractivity contribution in [2.24, 2.45) is 0 Å². The van der Waals surface area contributed by atoms with Gasteiger partial charge in [-0.25, -0.2) is 19.7 Å². The van der Waals surface area contributed by atoms with E-state index in [1.165, 1.54) is 0 Å². The third kappa shape index (κ3) is 2.07. The van der Waals surface area contributed by atoms with Gasteiger partial charge in [-0.05, 0) is 30.7 Å². The number of aromatic nitrogens is 4. The van der Waals surface area contributed by atoms with Gasteiger partial charge in [0, 0.05) is 19.4 Å². The number of likely N-dealkylation sites (N-methyl/N-ethyl adjacent to an activating group) is 1. The summed E-state index contributed by atoms with van der Waals surface area (Å²) >= 11 is 0. The Bertz CT molecular complexity index is 817. The van der Waals surface area contributed by atoms with Crippen LogP contribution in [-0.2, 0) is 10.3 Å². The zero-order valence-corrected chi connectivity index (χ0v) is 12.2. The normalized spacial score (nSPS) is 13.7. The highest BCUT2D eigenvalue weighted by atomic mass is 16.4. The molecule has 1 aromatic carbocycles. The second kappa shape index (κ2) is 5.10. The monoisotopic (exact) mass is 297 g/mol. The molecule has 3 rings (SSSR count). The van der Waals surface area contributed by atoms with Crippen LogP contribution in [0.5, 0.6) is 0 Å². The van der Waals surface area contributed by atoms with Gasteiger partial charge in [-0.15, -0.1) is 0 Å². The number of imidazole rings is 1. The molecule has 0 amide bonds. The van der Waals surface area contributed by atoms with Crippen molar-refractivity contribution in [2.75, 3.05) is 11.9 Å². The Balaban J connectivity index is 2.13. The van der Waals surface area contributed by atoms with E-state index in [1.807, 2.05) is 0 Å². The molecule has 7 heteroatoms. The molecular weight excluding hydrogens is 282 g/mol. The maximum absolute atomic E-state index is 12.0. The summed E-state index contributed by atoms with van der Waals surface area (Å²) in [7, 11) is 1.67. The molecule has 0 aliphatic carbocycles. The fraction of sp³-hybridized carbons (Fsp3) is 0.200. The lowest BCUT2D eigenvalue weighted by atomic mass is 9.90. The maximum atomic E-state index is 12.0. The maximum Gasteiger partial charge on any atom is 0.334 e. The molecule has 2 heterocycles. The van der Waals surface area contributed by atoms with Gasteiger partial charge in [-0.2, -0.15) is 0 Å². The molecule has 3 aromatic rings. The molecule has 2 N–H and O–H groups in total. The average Bonchev–Trinajstić information content (AvgIpc) is 3.01. The van der Waals surface area contributed by atoms with Crippen LogP contribution < -0.4 is 4.90 Å². The van der Waals surface area contributed by atoms with Crippen LogP contribution in [0.15, 0.2) is 43.0 Å². The van der Waals surface area contributed by atoms with Crippen LogP contribution in [0.3, 0.4) is 0 Å². The Kier molecular flexibility index (Phi) is 3.25. The quantitative estimate of drug-likeness (QED) is 0.762. The van der Waals surface area contributed by atoms with Crippen molar-refractivity contribution >= 4 is 23.0 Å². The molecule has 7 nitrogen and oxygen atoms in total. The molecule has 0 saturated heterocycles. The number of fused-ring (bicyclic) bond motifs is 1. The van der Waals surface area contributed by atoms with Crippen molar-refractivity contribution in [3.8, 4) is 0 Å². The molecule has 2 aromatic heterocycles. The predicted molar refractivity (Wildman–Crippen MR) is 81.5 cm³/mol. The summed E-state index contributed by atoms with van der Waals surface area (Å²) < 4.78 is 0. The molecule has 112 valence electrons. The Hall–Kier alpha value is -2.96. The zero-order chi connectivity index (χ0) is 15.7. The average molecular weight is 297 g/mol. The minimum absolute atomic E-state index is 0.345. The molecule has 0 aliphatic heterocycles. The molecule has 22 heavy (non-hydrogen) atoms.